The lowest BCUT2D eigenvalue weighted by molar-refractivity contribution is -0.272. The lowest BCUT2D eigenvalue weighted by atomic mass is 10.1. The molecule has 1 N–H and O–H groups in total. The summed E-state index contributed by atoms with van der Waals surface area (Å²) in [6.07, 6.45) is 1.64. The number of aromatic amines is 1. The molecule has 1 aliphatic heterocycles. The van der Waals surface area contributed by atoms with E-state index in [9.17, 15) is 4.79 Å². The number of H-pyrrole nitrogens is 1. The average molecular weight is 291 g/mol. The maximum Gasteiger partial charge on any atom is 0.340 e. The summed E-state index contributed by atoms with van der Waals surface area (Å²) in [6, 6.07) is 5.41. The summed E-state index contributed by atoms with van der Waals surface area (Å²) in [6.45, 7) is 4.82. The summed E-state index contributed by atoms with van der Waals surface area (Å²) in [7, 11) is 0. The summed E-state index contributed by atoms with van der Waals surface area (Å²) in [4.78, 5) is 14.9. The molecule has 1 aliphatic rings. The van der Waals surface area contributed by atoms with Crippen LogP contribution in [0, 0.1) is 0 Å². The molecule has 3 rings (SSSR count). The Labute approximate surface area is 121 Å². The van der Waals surface area contributed by atoms with Gasteiger partial charge >= 0.3 is 11.9 Å². The molecule has 6 nitrogen and oxygen atoms in total. The van der Waals surface area contributed by atoms with E-state index < -0.39 is 5.97 Å². The molecule has 0 bridgehead atoms. The monoisotopic (exact) mass is 291 g/mol. The third kappa shape index (κ3) is 2.72. The van der Waals surface area contributed by atoms with Crippen LogP contribution in [0.2, 0.25) is 0 Å². The van der Waals surface area contributed by atoms with E-state index in [0.29, 0.717) is 31.1 Å². The summed E-state index contributed by atoms with van der Waals surface area (Å²) in [5, 5.41) is 0.743. The molecule has 1 aromatic heterocycles. The number of aromatic nitrogens is 1. The van der Waals surface area contributed by atoms with Gasteiger partial charge in [0.2, 0.25) is 0 Å². The Kier molecular flexibility index (Phi) is 3.57. The van der Waals surface area contributed by atoms with E-state index in [0.717, 1.165) is 10.9 Å². The van der Waals surface area contributed by atoms with Gasteiger partial charge < -0.3 is 23.9 Å². The number of ether oxygens (including phenoxy) is 4. The Hall–Kier alpha value is -2.05. The predicted octanol–water partition coefficient (Wildman–Crippen LogP) is 2.44. The van der Waals surface area contributed by atoms with Crippen molar-refractivity contribution in [2.45, 2.75) is 19.8 Å². The minimum atomic E-state index is -1.08. The number of rotatable bonds is 4. The van der Waals surface area contributed by atoms with Crippen LogP contribution in [-0.4, -0.2) is 36.7 Å². The summed E-state index contributed by atoms with van der Waals surface area (Å²) in [5.41, 5.74) is 1.32. The zero-order valence-corrected chi connectivity index (χ0v) is 12.0. The lowest BCUT2D eigenvalue weighted by Crippen LogP contribution is -2.33. The van der Waals surface area contributed by atoms with Gasteiger partial charge in [-0.25, -0.2) is 4.79 Å². The number of esters is 1. The van der Waals surface area contributed by atoms with Gasteiger partial charge in [-0.3, -0.25) is 0 Å². The van der Waals surface area contributed by atoms with Crippen molar-refractivity contribution >= 4 is 16.9 Å². The Bertz CT molecular complexity index is 657. The molecule has 0 amide bonds. The standard InChI is InChI=1S/C15H17NO5/c1-3-18-14(17)12-9-16-13-5-4-10(8-11(12)13)21-15(2)19-6-7-20-15/h4-5,8-9,16H,3,6-7H2,1-2H3. The lowest BCUT2D eigenvalue weighted by Gasteiger charge is -2.23. The van der Waals surface area contributed by atoms with E-state index in [1.807, 2.05) is 6.07 Å². The number of benzene rings is 1. The first kappa shape index (κ1) is 13.9. The van der Waals surface area contributed by atoms with Gasteiger partial charge in [0, 0.05) is 24.0 Å². The first-order chi connectivity index (χ1) is 10.1. The molecule has 21 heavy (non-hydrogen) atoms. The van der Waals surface area contributed by atoms with E-state index in [-0.39, 0.29) is 5.97 Å². The van der Waals surface area contributed by atoms with Crippen molar-refractivity contribution in [3.8, 4) is 5.75 Å². The fraction of sp³-hybridized carbons (Fsp3) is 0.400. The maximum atomic E-state index is 11.9. The summed E-state index contributed by atoms with van der Waals surface area (Å²) in [5.74, 6) is -0.869. The van der Waals surface area contributed by atoms with Crippen molar-refractivity contribution in [3.05, 3.63) is 30.0 Å². The van der Waals surface area contributed by atoms with Crippen molar-refractivity contribution in [3.63, 3.8) is 0 Å². The van der Waals surface area contributed by atoms with E-state index >= 15 is 0 Å². The predicted molar refractivity (Wildman–Crippen MR) is 75.2 cm³/mol. The first-order valence-electron chi connectivity index (χ1n) is 6.86. The second kappa shape index (κ2) is 5.38. The number of nitrogens with one attached hydrogen (secondary N) is 1. The van der Waals surface area contributed by atoms with Crippen molar-refractivity contribution in [1.82, 2.24) is 4.98 Å². The van der Waals surface area contributed by atoms with Gasteiger partial charge in [0.15, 0.2) is 0 Å². The largest absolute Gasteiger partial charge is 0.462 e. The van der Waals surface area contributed by atoms with Crippen LogP contribution in [0.3, 0.4) is 0 Å². The van der Waals surface area contributed by atoms with Crippen LogP contribution in [-0.2, 0) is 14.2 Å². The normalized spacial score (nSPS) is 17.0. The van der Waals surface area contributed by atoms with Crippen LogP contribution in [0.4, 0.5) is 0 Å². The zero-order valence-electron chi connectivity index (χ0n) is 12.0. The SMILES string of the molecule is CCOC(=O)c1c[nH]c2ccc(OC3(C)OCCO3)cc12. The van der Waals surface area contributed by atoms with Crippen LogP contribution < -0.4 is 4.74 Å². The molecule has 2 aromatic rings. The molecule has 0 radical (unpaired) electrons. The Balaban J connectivity index is 1.91. The third-order valence-corrected chi connectivity index (χ3v) is 3.26. The highest BCUT2D eigenvalue weighted by Crippen LogP contribution is 2.29. The molecule has 1 aromatic carbocycles. The molecular weight excluding hydrogens is 274 g/mol. The fourth-order valence-corrected chi connectivity index (χ4v) is 2.31. The molecule has 6 heteroatoms. The first-order valence-corrected chi connectivity index (χ1v) is 6.86. The minimum Gasteiger partial charge on any atom is -0.462 e. The Morgan fingerprint density at radius 1 is 1.38 bits per heavy atom. The summed E-state index contributed by atoms with van der Waals surface area (Å²) < 4.78 is 21.6. The second-order valence-corrected chi connectivity index (χ2v) is 4.79. The molecule has 1 fully saturated rings. The molecule has 0 spiro atoms. The zero-order chi connectivity index (χ0) is 14.9. The second-order valence-electron chi connectivity index (χ2n) is 4.79. The number of hydrogen-bond donors (Lipinski definition) is 1. The van der Waals surface area contributed by atoms with Crippen LogP contribution >= 0.6 is 0 Å². The van der Waals surface area contributed by atoms with Crippen LogP contribution in [0.1, 0.15) is 24.2 Å². The third-order valence-electron chi connectivity index (χ3n) is 3.26. The highest BCUT2D eigenvalue weighted by molar-refractivity contribution is 6.04. The number of carbonyl (C=O) groups is 1. The molecule has 2 heterocycles. The van der Waals surface area contributed by atoms with Crippen molar-refractivity contribution in [2.75, 3.05) is 19.8 Å². The van der Waals surface area contributed by atoms with Gasteiger partial charge in [0.05, 0.1) is 25.4 Å². The van der Waals surface area contributed by atoms with Gasteiger partial charge in [-0.05, 0) is 25.1 Å². The van der Waals surface area contributed by atoms with Crippen molar-refractivity contribution in [1.29, 1.82) is 0 Å². The van der Waals surface area contributed by atoms with Crippen LogP contribution in [0.15, 0.2) is 24.4 Å². The fourth-order valence-electron chi connectivity index (χ4n) is 2.31. The number of carbonyl (C=O) groups excluding carboxylic acids is 1. The molecule has 0 saturated carbocycles. The highest BCUT2D eigenvalue weighted by atomic mass is 16.9. The van der Waals surface area contributed by atoms with Crippen LogP contribution in [0.5, 0.6) is 5.75 Å². The van der Waals surface area contributed by atoms with E-state index in [1.165, 1.54) is 0 Å². The molecular formula is C15H17NO5. The molecule has 0 aliphatic carbocycles. The number of fused-ring (bicyclic) bond motifs is 1. The van der Waals surface area contributed by atoms with Gasteiger partial charge in [-0.2, -0.15) is 0 Å². The van der Waals surface area contributed by atoms with Gasteiger partial charge in [0.1, 0.15) is 5.75 Å². The van der Waals surface area contributed by atoms with Gasteiger partial charge in [-0.1, -0.05) is 0 Å². The van der Waals surface area contributed by atoms with Gasteiger partial charge in [-0.15, -0.1) is 0 Å². The Morgan fingerprint density at radius 2 is 2.14 bits per heavy atom. The summed E-state index contributed by atoms with van der Waals surface area (Å²) >= 11 is 0. The maximum absolute atomic E-state index is 11.9. The van der Waals surface area contributed by atoms with E-state index in [1.54, 1.807) is 32.2 Å². The van der Waals surface area contributed by atoms with E-state index in [4.69, 9.17) is 18.9 Å². The smallest absolute Gasteiger partial charge is 0.340 e. The quantitative estimate of drug-likeness (QED) is 0.876. The van der Waals surface area contributed by atoms with Crippen molar-refractivity contribution in [2.24, 2.45) is 0 Å². The highest BCUT2D eigenvalue weighted by Gasteiger charge is 2.33. The van der Waals surface area contributed by atoms with Crippen LogP contribution in [0.25, 0.3) is 10.9 Å². The average Bonchev–Trinajstić information content (AvgIpc) is 3.05. The van der Waals surface area contributed by atoms with Crippen molar-refractivity contribution < 1.29 is 23.7 Å². The molecule has 0 unspecified atom stereocenters. The minimum absolute atomic E-state index is 0.335. The molecule has 0 atom stereocenters. The molecule has 1 saturated heterocycles. The molecule has 112 valence electrons. The van der Waals surface area contributed by atoms with E-state index in [2.05, 4.69) is 4.98 Å². The topological polar surface area (TPSA) is 69.8 Å². The number of hydrogen-bond acceptors (Lipinski definition) is 5. The van der Waals surface area contributed by atoms with Gasteiger partial charge in [0.25, 0.3) is 0 Å². The Morgan fingerprint density at radius 3 is 2.86 bits per heavy atom.